The molecule has 0 unspecified atom stereocenters. The number of thiophene rings is 1. The molecule has 0 fully saturated rings. The van der Waals surface area contributed by atoms with E-state index in [9.17, 15) is 8.78 Å². The summed E-state index contributed by atoms with van der Waals surface area (Å²) in [5, 5.41) is 0. The molecule has 0 saturated carbocycles. The lowest BCUT2D eigenvalue weighted by atomic mass is 10.3. The standard InChI is InChI=1S/C11H11ClF2N4S/c1-18(5-6-2-3-9(12)19-6)11-8(14)4-7(13)10(16-11)17-15/h2-4H,5,15H2,1H3,(H,16,17). The second-order valence-electron chi connectivity index (χ2n) is 3.83. The van der Waals surface area contributed by atoms with Crippen LogP contribution in [0.4, 0.5) is 20.4 Å². The Labute approximate surface area is 117 Å². The Bertz CT molecular complexity index is 590. The van der Waals surface area contributed by atoms with Gasteiger partial charge in [-0.15, -0.1) is 11.3 Å². The summed E-state index contributed by atoms with van der Waals surface area (Å²) in [5.41, 5.74) is 2.09. The van der Waals surface area contributed by atoms with Crippen molar-refractivity contribution in [3.05, 3.63) is 39.0 Å². The molecule has 0 radical (unpaired) electrons. The molecule has 2 aromatic rings. The lowest BCUT2D eigenvalue weighted by Crippen LogP contribution is -2.20. The lowest BCUT2D eigenvalue weighted by molar-refractivity contribution is 0.572. The molecule has 0 aliphatic rings. The Morgan fingerprint density at radius 2 is 2.16 bits per heavy atom. The van der Waals surface area contributed by atoms with E-state index in [2.05, 4.69) is 10.4 Å². The fraction of sp³-hybridized carbons (Fsp3) is 0.182. The first-order valence-electron chi connectivity index (χ1n) is 5.29. The largest absolute Gasteiger partial charge is 0.352 e. The Morgan fingerprint density at radius 1 is 1.42 bits per heavy atom. The van der Waals surface area contributed by atoms with Gasteiger partial charge < -0.3 is 10.3 Å². The predicted molar refractivity (Wildman–Crippen MR) is 73.4 cm³/mol. The number of nitrogens with two attached hydrogens (primary N) is 1. The van der Waals surface area contributed by atoms with Crippen LogP contribution in [0.15, 0.2) is 18.2 Å². The molecule has 2 rings (SSSR count). The van der Waals surface area contributed by atoms with Crippen molar-refractivity contribution < 1.29 is 8.78 Å². The van der Waals surface area contributed by atoms with Gasteiger partial charge in [0.05, 0.1) is 10.9 Å². The first kappa shape index (κ1) is 14.0. The molecule has 19 heavy (non-hydrogen) atoms. The Morgan fingerprint density at radius 3 is 2.74 bits per heavy atom. The second-order valence-corrected chi connectivity index (χ2v) is 5.63. The van der Waals surface area contributed by atoms with E-state index in [0.717, 1.165) is 10.9 Å². The van der Waals surface area contributed by atoms with Gasteiger partial charge in [0.25, 0.3) is 0 Å². The molecule has 102 valence electrons. The maximum atomic E-state index is 13.7. The number of anilines is 2. The van der Waals surface area contributed by atoms with E-state index in [4.69, 9.17) is 17.4 Å². The number of nitrogens with zero attached hydrogens (tertiary/aromatic N) is 2. The summed E-state index contributed by atoms with van der Waals surface area (Å²) in [6.07, 6.45) is 0. The van der Waals surface area contributed by atoms with Crippen molar-refractivity contribution in [1.29, 1.82) is 0 Å². The van der Waals surface area contributed by atoms with Crippen LogP contribution < -0.4 is 16.2 Å². The second kappa shape index (κ2) is 5.68. The molecule has 0 bridgehead atoms. The number of hydrogen-bond acceptors (Lipinski definition) is 5. The number of aromatic nitrogens is 1. The van der Waals surface area contributed by atoms with Gasteiger partial charge in [0, 0.05) is 18.0 Å². The van der Waals surface area contributed by atoms with Gasteiger partial charge >= 0.3 is 0 Å². The third-order valence-electron chi connectivity index (χ3n) is 2.43. The number of nitrogens with one attached hydrogen (secondary N) is 1. The molecule has 0 atom stereocenters. The van der Waals surface area contributed by atoms with Crippen molar-refractivity contribution in [2.75, 3.05) is 17.4 Å². The van der Waals surface area contributed by atoms with Crippen LogP contribution in [-0.4, -0.2) is 12.0 Å². The summed E-state index contributed by atoms with van der Waals surface area (Å²) in [6, 6.07) is 4.35. The molecule has 4 nitrogen and oxygen atoms in total. The molecular weight excluding hydrogens is 294 g/mol. The quantitative estimate of drug-likeness (QED) is 0.673. The zero-order valence-electron chi connectivity index (χ0n) is 9.95. The fourth-order valence-electron chi connectivity index (χ4n) is 1.57. The highest BCUT2D eigenvalue weighted by molar-refractivity contribution is 7.16. The summed E-state index contributed by atoms with van der Waals surface area (Å²) >= 11 is 7.21. The zero-order valence-corrected chi connectivity index (χ0v) is 11.5. The number of hydrazine groups is 1. The summed E-state index contributed by atoms with van der Waals surface area (Å²) in [4.78, 5) is 6.30. The van der Waals surface area contributed by atoms with Crippen LogP contribution in [0, 0.1) is 11.6 Å². The Kier molecular flexibility index (Phi) is 4.18. The molecule has 2 aromatic heterocycles. The minimum Gasteiger partial charge on any atom is -0.352 e. The van der Waals surface area contributed by atoms with E-state index in [1.165, 1.54) is 11.3 Å². The Hall–Kier alpha value is -1.44. The number of pyridine rings is 1. The molecular formula is C11H11ClF2N4S. The molecule has 0 spiro atoms. The number of rotatable bonds is 4. The minimum atomic E-state index is -0.837. The van der Waals surface area contributed by atoms with Gasteiger partial charge in [-0.25, -0.2) is 19.6 Å². The Balaban J connectivity index is 2.25. The van der Waals surface area contributed by atoms with Gasteiger partial charge in [0.15, 0.2) is 23.3 Å². The normalized spacial score (nSPS) is 10.6. The van der Waals surface area contributed by atoms with Crippen molar-refractivity contribution in [1.82, 2.24) is 4.98 Å². The highest BCUT2D eigenvalue weighted by atomic mass is 35.5. The van der Waals surface area contributed by atoms with Crippen LogP contribution in [0.25, 0.3) is 0 Å². The average Bonchev–Trinajstić information content (AvgIpc) is 2.74. The third kappa shape index (κ3) is 3.12. The van der Waals surface area contributed by atoms with Crippen LogP contribution in [-0.2, 0) is 6.54 Å². The molecule has 8 heteroatoms. The van der Waals surface area contributed by atoms with E-state index in [0.29, 0.717) is 10.9 Å². The first-order chi connectivity index (χ1) is 9.01. The van der Waals surface area contributed by atoms with E-state index in [1.54, 1.807) is 18.0 Å². The van der Waals surface area contributed by atoms with Gasteiger partial charge in [-0.05, 0) is 12.1 Å². The number of halogens is 3. The predicted octanol–water partition coefficient (Wildman–Crippen LogP) is 3.00. The third-order valence-corrected chi connectivity index (χ3v) is 3.65. The molecule has 2 heterocycles. The van der Waals surface area contributed by atoms with Gasteiger partial charge in [-0.1, -0.05) is 11.6 Å². The van der Waals surface area contributed by atoms with Crippen molar-refractivity contribution in [3.63, 3.8) is 0 Å². The monoisotopic (exact) mass is 304 g/mol. The van der Waals surface area contributed by atoms with Crippen LogP contribution in [0.5, 0.6) is 0 Å². The maximum Gasteiger partial charge on any atom is 0.178 e. The zero-order chi connectivity index (χ0) is 14.0. The average molecular weight is 305 g/mol. The fourth-order valence-corrected chi connectivity index (χ4v) is 2.71. The summed E-state index contributed by atoms with van der Waals surface area (Å²) in [6.45, 7) is 0.414. The van der Waals surface area contributed by atoms with Crippen LogP contribution >= 0.6 is 22.9 Å². The smallest absolute Gasteiger partial charge is 0.178 e. The molecule has 0 saturated heterocycles. The van der Waals surface area contributed by atoms with Crippen molar-refractivity contribution in [3.8, 4) is 0 Å². The van der Waals surface area contributed by atoms with E-state index in [1.807, 2.05) is 6.07 Å². The summed E-state index contributed by atoms with van der Waals surface area (Å²) in [5.74, 6) is 3.34. The molecule has 3 N–H and O–H groups in total. The van der Waals surface area contributed by atoms with E-state index < -0.39 is 11.6 Å². The van der Waals surface area contributed by atoms with Crippen molar-refractivity contribution in [2.45, 2.75) is 6.54 Å². The molecule has 0 aromatic carbocycles. The molecule has 0 aliphatic heterocycles. The summed E-state index contributed by atoms with van der Waals surface area (Å²) < 4.78 is 27.6. The number of nitrogen functional groups attached to an aromatic ring is 1. The van der Waals surface area contributed by atoms with Crippen LogP contribution in [0.3, 0.4) is 0 Å². The van der Waals surface area contributed by atoms with Gasteiger partial charge in [-0.3, -0.25) is 0 Å². The van der Waals surface area contributed by atoms with Crippen molar-refractivity contribution >= 4 is 34.6 Å². The van der Waals surface area contributed by atoms with Gasteiger partial charge in [0.2, 0.25) is 0 Å². The highest BCUT2D eigenvalue weighted by Crippen LogP contribution is 2.26. The number of hydrogen-bond donors (Lipinski definition) is 2. The van der Waals surface area contributed by atoms with Gasteiger partial charge in [-0.2, -0.15) is 0 Å². The SMILES string of the molecule is CN(Cc1ccc(Cl)s1)c1nc(NN)c(F)cc1F. The van der Waals surface area contributed by atoms with Crippen LogP contribution in [0.1, 0.15) is 4.88 Å². The highest BCUT2D eigenvalue weighted by Gasteiger charge is 2.15. The minimum absolute atomic E-state index is 0.0128. The molecule has 0 aliphatic carbocycles. The lowest BCUT2D eigenvalue weighted by Gasteiger charge is -2.18. The van der Waals surface area contributed by atoms with Crippen molar-refractivity contribution in [2.24, 2.45) is 5.84 Å². The summed E-state index contributed by atoms with van der Waals surface area (Å²) in [7, 11) is 1.65. The topological polar surface area (TPSA) is 54.2 Å². The molecule has 0 amide bonds. The maximum absolute atomic E-state index is 13.7. The van der Waals surface area contributed by atoms with E-state index >= 15 is 0 Å². The van der Waals surface area contributed by atoms with E-state index in [-0.39, 0.29) is 11.6 Å². The van der Waals surface area contributed by atoms with Gasteiger partial charge in [0.1, 0.15) is 0 Å². The first-order valence-corrected chi connectivity index (χ1v) is 6.48. The van der Waals surface area contributed by atoms with Crippen LogP contribution in [0.2, 0.25) is 4.34 Å².